The van der Waals surface area contributed by atoms with Gasteiger partial charge in [-0.2, -0.15) is 0 Å². The number of nitrogens with two attached hydrogens (primary N) is 1. The van der Waals surface area contributed by atoms with Gasteiger partial charge < -0.3 is 10.8 Å². The van der Waals surface area contributed by atoms with E-state index in [9.17, 15) is 5.11 Å². The molecule has 1 atom stereocenters. The zero-order valence-corrected chi connectivity index (χ0v) is 8.71. The third kappa shape index (κ3) is 2.17. The molecule has 12 heavy (non-hydrogen) atoms. The van der Waals surface area contributed by atoms with Crippen LogP contribution < -0.4 is 5.73 Å². The number of nitrogens with zero attached hydrogens (tertiary/aromatic N) is 1. The van der Waals surface area contributed by atoms with Crippen molar-refractivity contribution < 1.29 is 5.11 Å². The lowest BCUT2D eigenvalue weighted by Gasteiger charge is -2.19. The Kier molecular flexibility index (Phi) is 4.13. The monoisotopic (exact) mass is 208 g/mol. The highest BCUT2D eigenvalue weighted by molar-refractivity contribution is 7.09. The Morgan fingerprint density at radius 2 is 2.33 bits per heavy atom. The van der Waals surface area contributed by atoms with Crippen molar-refractivity contribution in [1.29, 1.82) is 0 Å². The molecule has 0 saturated carbocycles. The van der Waals surface area contributed by atoms with Gasteiger partial charge in [-0.1, -0.05) is 0 Å². The number of aryl methyl sites for hydroxylation is 1. The molecule has 0 aliphatic heterocycles. The first-order valence-corrected chi connectivity index (χ1v) is 4.29. The molecule has 70 valence electrons. The number of halogens is 1. The van der Waals surface area contributed by atoms with Crippen molar-refractivity contribution in [3.63, 3.8) is 0 Å². The van der Waals surface area contributed by atoms with Gasteiger partial charge in [-0.3, -0.25) is 0 Å². The largest absolute Gasteiger partial charge is 0.383 e. The first-order valence-electron chi connectivity index (χ1n) is 3.41. The lowest BCUT2D eigenvalue weighted by atomic mass is 10.0. The molecule has 1 unspecified atom stereocenters. The van der Waals surface area contributed by atoms with Gasteiger partial charge >= 0.3 is 0 Å². The van der Waals surface area contributed by atoms with Crippen LogP contribution in [0.5, 0.6) is 0 Å². The second-order valence-electron chi connectivity index (χ2n) is 2.74. The molecule has 0 amide bonds. The minimum absolute atomic E-state index is 0. The standard InChI is InChI=1S/C7H12N2OS.ClH/c1-5-6(11-4-9-5)7(2,10)3-8;/h4,10H,3,8H2,1-2H3;1H. The molecule has 1 aromatic rings. The fourth-order valence-electron chi connectivity index (χ4n) is 0.911. The third-order valence-corrected chi connectivity index (χ3v) is 2.81. The molecule has 1 rings (SSSR count). The van der Waals surface area contributed by atoms with Gasteiger partial charge in [0.2, 0.25) is 0 Å². The number of aliphatic hydroxyl groups is 1. The highest BCUT2D eigenvalue weighted by atomic mass is 35.5. The Bertz CT molecular complexity index is 249. The van der Waals surface area contributed by atoms with Crippen molar-refractivity contribution in [3.8, 4) is 0 Å². The molecule has 0 aliphatic rings. The summed E-state index contributed by atoms with van der Waals surface area (Å²) in [5.41, 5.74) is 7.07. The van der Waals surface area contributed by atoms with E-state index >= 15 is 0 Å². The van der Waals surface area contributed by atoms with Crippen LogP contribution in [-0.2, 0) is 5.60 Å². The quantitative estimate of drug-likeness (QED) is 0.764. The van der Waals surface area contributed by atoms with E-state index in [0.29, 0.717) is 0 Å². The van der Waals surface area contributed by atoms with Crippen LogP contribution in [0.25, 0.3) is 0 Å². The summed E-state index contributed by atoms with van der Waals surface area (Å²) in [6, 6.07) is 0. The van der Waals surface area contributed by atoms with E-state index in [4.69, 9.17) is 5.73 Å². The predicted octanol–water partition coefficient (Wildman–Crippen LogP) is 1.04. The van der Waals surface area contributed by atoms with E-state index in [2.05, 4.69) is 4.98 Å². The van der Waals surface area contributed by atoms with Crippen molar-refractivity contribution in [2.24, 2.45) is 5.73 Å². The number of aromatic nitrogens is 1. The second-order valence-corrected chi connectivity index (χ2v) is 3.60. The summed E-state index contributed by atoms with van der Waals surface area (Å²) in [6.07, 6.45) is 0. The van der Waals surface area contributed by atoms with Gasteiger partial charge in [-0.15, -0.1) is 23.7 Å². The molecule has 3 nitrogen and oxygen atoms in total. The van der Waals surface area contributed by atoms with Crippen molar-refractivity contribution in [1.82, 2.24) is 4.98 Å². The molecule has 0 radical (unpaired) electrons. The van der Waals surface area contributed by atoms with Crippen molar-refractivity contribution in [3.05, 3.63) is 16.1 Å². The number of rotatable bonds is 2. The topological polar surface area (TPSA) is 59.1 Å². The van der Waals surface area contributed by atoms with Gasteiger partial charge in [0.15, 0.2) is 0 Å². The molecular formula is C7H13ClN2OS. The summed E-state index contributed by atoms with van der Waals surface area (Å²) >= 11 is 1.44. The smallest absolute Gasteiger partial charge is 0.110 e. The summed E-state index contributed by atoms with van der Waals surface area (Å²) in [6.45, 7) is 3.81. The van der Waals surface area contributed by atoms with Crippen LogP contribution >= 0.6 is 23.7 Å². The maximum atomic E-state index is 9.71. The van der Waals surface area contributed by atoms with Crippen LogP contribution in [-0.4, -0.2) is 16.6 Å². The zero-order valence-electron chi connectivity index (χ0n) is 7.07. The van der Waals surface area contributed by atoms with E-state index in [-0.39, 0.29) is 19.0 Å². The highest BCUT2D eigenvalue weighted by Gasteiger charge is 2.24. The van der Waals surface area contributed by atoms with E-state index in [1.165, 1.54) is 11.3 Å². The van der Waals surface area contributed by atoms with Gasteiger partial charge in [0.25, 0.3) is 0 Å². The van der Waals surface area contributed by atoms with E-state index in [0.717, 1.165) is 10.6 Å². The van der Waals surface area contributed by atoms with Crippen molar-refractivity contribution in [2.45, 2.75) is 19.4 Å². The maximum absolute atomic E-state index is 9.71. The summed E-state index contributed by atoms with van der Waals surface area (Å²) in [7, 11) is 0. The Hall–Kier alpha value is -0.160. The summed E-state index contributed by atoms with van der Waals surface area (Å²) in [5.74, 6) is 0. The second kappa shape index (κ2) is 4.18. The van der Waals surface area contributed by atoms with Gasteiger partial charge in [0, 0.05) is 6.54 Å². The average molecular weight is 209 g/mol. The minimum atomic E-state index is -0.911. The van der Waals surface area contributed by atoms with Crippen molar-refractivity contribution >= 4 is 23.7 Å². The first kappa shape index (κ1) is 11.8. The number of hydrogen-bond donors (Lipinski definition) is 2. The Labute approximate surface area is 82.0 Å². The molecule has 5 heteroatoms. The normalized spacial score (nSPS) is 15.0. The highest BCUT2D eigenvalue weighted by Crippen LogP contribution is 2.25. The molecule has 0 fully saturated rings. The fourth-order valence-corrected chi connectivity index (χ4v) is 1.79. The van der Waals surface area contributed by atoms with Crippen LogP contribution in [0.1, 0.15) is 17.5 Å². The van der Waals surface area contributed by atoms with Gasteiger partial charge in [-0.25, -0.2) is 4.98 Å². The SMILES string of the molecule is Cc1ncsc1C(C)(O)CN.Cl. The number of hydrogen-bond acceptors (Lipinski definition) is 4. The van der Waals surface area contributed by atoms with Crippen LogP contribution in [0.2, 0.25) is 0 Å². The van der Waals surface area contributed by atoms with Crippen molar-refractivity contribution in [2.75, 3.05) is 6.54 Å². The average Bonchev–Trinajstić information content (AvgIpc) is 2.36. The Morgan fingerprint density at radius 1 is 1.75 bits per heavy atom. The van der Waals surface area contributed by atoms with Gasteiger partial charge in [0.05, 0.1) is 16.1 Å². The predicted molar refractivity (Wildman–Crippen MR) is 52.7 cm³/mol. The van der Waals surface area contributed by atoms with Gasteiger partial charge in [0.1, 0.15) is 5.60 Å². The molecule has 0 spiro atoms. The molecule has 1 aromatic heterocycles. The lowest BCUT2D eigenvalue weighted by Crippen LogP contribution is -2.30. The van der Waals surface area contributed by atoms with Crippen LogP contribution in [0.4, 0.5) is 0 Å². The number of thiazole rings is 1. The van der Waals surface area contributed by atoms with E-state index in [1.807, 2.05) is 6.92 Å². The Balaban J connectivity index is 0.00000121. The third-order valence-electron chi connectivity index (χ3n) is 1.63. The van der Waals surface area contributed by atoms with E-state index < -0.39 is 5.60 Å². The fraction of sp³-hybridized carbons (Fsp3) is 0.571. The lowest BCUT2D eigenvalue weighted by molar-refractivity contribution is 0.0698. The van der Waals surface area contributed by atoms with Gasteiger partial charge in [-0.05, 0) is 13.8 Å². The minimum Gasteiger partial charge on any atom is -0.383 e. The summed E-state index contributed by atoms with van der Waals surface area (Å²) < 4.78 is 0. The maximum Gasteiger partial charge on any atom is 0.110 e. The van der Waals surface area contributed by atoms with E-state index in [1.54, 1.807) is 12.4 Å². The molecule has 1 heterocycles. The van der Waals surface area contributed by atoms with Crippen LogP contribution in [0, 0.1) is 6.92 Å². The Morgan fingerprint density at radius 3 is 2.67 bits per heavy atom. The summed E-state index contributed by atoms with van der Waals surface area (Å²) in [5, 5.41) is 9.71. The molecule has 0 saturated heterocycles. The molecule has 0 aromatic carbocycles. The molecular weight excluding hydrogens is 196 g/mol. The summed E-state index contributed by atoms with van der Waals surface area (Å²) in [4.78, 5) is 4.89. The van der Waals surface area contributed by atoms with Crippen LogP contribution in [0.3, 0.4) is 0 Å². The first-order chi connectivity index (χ1) is 5.08. The zero-order chi connectivity index (χ0) is 8.48. The molecule has 3 N–H and O–H groups in total. The van der Waals surface area contributed by atoms with Crippen LogP contribution in [0.15, 0.2) is 5.51 Å². The molecule has 0 aliphatic carbocycles. The molecule has 0 bridgehead atoms.